The third-order valence-electron chi connectivity index (χ3n) is 2.49. The van der Waals surface area contributed by atoms with Gasteiger partial charge in [0.1, 0.15) is 6.61 Å². The average Bonchev–Trinajstić information content (AvgIpc) is 2.64. The minimum Gasteiger partial charge on any atom is -0.488 e. The van der Waals surface area contributed by atoms with E-state index in [0.29, 0.717) is 12.4 Å². The molecule has 0 bridgehead atoms. The van der Waals surface area contributed by atoms with Crippen molar-refractivity contribution >= 4 is 11.6 Å². The van der Waals surface area contributed by atoms with Gasteiger partial charge in [-0.25, -0.2) is 4.39 Å². The van der Waals surface area contributed by atoms with Gasteiger partial charge in [0.15, 0.2) is 11.6 Å². The molecule has 0 radical (unpaired) electrons. The minimum atomic E-state index is -0.449. The second-order valence-electron chi connectivity index (χ2n) is 3.60. The van der Waals surface area contributed by atoms with Gasteiger partial charge in [-0.1, -0.05) is 24.6 Å². The summed E-state index contributed by atoms with van der Waals surface area (Å²) in [6.07, 6.45) is 1.04. The molecule has 0 fully saturated rings. The summed E-state index contributed by atoms with van der Waals surface area (Å²) in [6.45, 7) is 3.47. The molecule has 82 valence electrons. The Morgan fingerprint density at radius 3 is 3.13 bits per heavy atom. The maximum Gasteiger partial charge on any atom is 0.183 e. The van der Waals surface area contributed by atoms with Crippen LogP contribution in [0.2, 0.25) is 5.02 Å². The largest absolute Gasteiger partial charge is 0.488 e. The Hall–Kier alpha value is -0.800. The van der Waals surface area contributed by atoms with Gasteiger partial charge in [0.05, 0.1) is 11.1 Å². The zero-order valence-corrected chi connectivity index (χ0v) is 9.27. The molecule has 15 heavy (non-hydrogen) atoms. The number of nitrogens with one attached hydrogen (secondary N) is 1. The van der Waals surface area contributed by atoms with E-state index in [0.717, 1.165) is 18.5 Å². The van der Waals surface area contributed by atoms with Crippen molar-refractivity contribution in [2.75, 3.05) is 13.2 Å². The average molecular weight is 230 g/mol. The van der Waals surface area contributed by atoms with Crippen LogP contribution in [-0.4, -0.2) is 13.2 Å². The van der Waals surface area contributed by atoms with E-state index >= 15 is 0 Å². The molecule has 1 aliphatic rings. The highest BCUT2D eigenvalue weighted by molar-refractivity contribution is 6.30. The van der Waals surface area contributed by atoms with Gasteiger partial charge in [0.2, 0.25) is 0 Å². The molecule has 2 nitrogen and oxygen atoms in total. The van der Waals surface area contributed by atoms with Gasteiger partial charge in [0.25, 0.3) is 0 Å². The van der Waals surface area contributed by atoms with Gasteiger partial charge in [-0.15, -0.1) is 0 Å². The van der Waals surface area contributed by atoms with Crippen LogP contribution < -0.4 is 10.1 Å². The molecule has 1 N–H and O–H groups in total. The third kappa shape index (κ3) is 1.94. The Morgan fingerprint density at radius 1 is 1.60 bits per heavy atom. The fraction of sp³-hybridized carbons (Fsp3) is 0.455. The predicted molar refractivity (Wildman–Crippen MR) is 57.9 cm³/mol. The zero-order valence-electron chi connectivity index (χ0n) is 8.52. The van der Waals surface area contributed by atoms with Crippen molar-refractivity contribution in [3.63, 3.8) is 0 Å². The van der Waals surface area contributed by atoms with Crippen LogP contribution in [0.5, 0.6) is 5.75 Å². The molecule has 1 aromatic carbocycles. The van der Waals surface area contributed by atoms with Crippen LogP contribution in [0.1, 0.15) is 24.9 Å². The van der Waals surface area contributed by atoms with Crippen LogP contribution in [0.15, 0.2) is 12.1 Å². The first kappa shape index (κ1) is 10.7. The Kier molecular flexibility index (Phi) is 3.12. The second kappa shape index (κ2) is 4.37. The van der Waals surface area contributed by atoms with Crippen molar-refractivity contribution in [3.05, 3.63) is 28.5 Å². The molecule has 0 amide bonds. The van der Waals surface area contributed by atoms with Crippen LogP contribution in [0.4, 0.5) is 4.39 Å². The zero-order chi connectivity index (χ0) is 10.8. The van der Waals surface area contributed by atoms with E-state index in [1.54, 1.807) is 6.07 Å². The summed E-state index contributed by atoms with van der Waals surface area (Å²) in [4.78, 5) is 0. The number of halogens is 2. The molecule has 1 atom stereocenters. The highest BCUT2D eigenvalue weighted by Crippen LogP contribution is 2.37. The molecule has 1 aliphatic heterocycles. The first-order valence-electron chi connectivity index (χ1n) is 5.08. The number of ether oxygens (including phenoxy) is 1. The van der Waals surface area contributed by atoms with Crippen LogP contribution in [-0.2, 0) is 0 Å². The molecule has 4 heteroatoms. The minimum absolute atomic E-state index is 0.0896. The number of benzene rings is 1. The highest BCUT2D eigenvalue weighted by Gasteiger charge is 2.27. The Morgan fingerprint density at radius 2 is 2.40 bits per heavy atom. The molecular formula is C11H13ClFNO. The maximum absolute atomic E-state index is 13.5. The van der Waals surface area contributed by atoms with Gasteiger partial charge in [0, 0.05) is 5.56 Å². The van der Waals surface area contributed by atoms with E-state index in [-0.39, 0.29) is 11.1 Å². The van der Waals surface area contributed by atoms with E-state index in [1.807, 2.05) is 6.07 Å². The lowest BCUT2D eigenvalue weighted by atomic mass is 10.1. The van der Waals surface area contributed by atoms with Crippen molar-refractivity contribution in [2.24, 2.45) is 0 Å². The summed E-state index contributed by atoms with van der Waals surface area (Å²) in [5.74, 6) is -0.147. The van der Waals surface area contributed by atoms with E-state index < -0.39 is 5.82 Å². The molecule has 1 aromatic rings. The van der Waals surface area contributed by atoms with Gasteiger partial charge in [-0.05, 0) is 19.0 Å². The highest BCUT2D eigenvalue weighted by atomic mass is 35.5. The number of hydrogen-bond acceptors (Lipinski definition) is 2. The van der Waals surface area contributed by atoms with Gasteiger partial charge >= 0.3 is 0 Å². The number of rotatable bonds is 3. The Bertz CT molecular complexity index is 370. The van der Waals surface area contributed by atoms with E-state index in [4.69, 9.17) is 16.3 Å². The molecule has 0 saturated carbocycles. The molecule has 0 aromatic heterocycles. The van der Waals surface area contributed by atoms with Crippen LogP contribution in [0.3, 0.4) is 0 Å². The summed E-state index contributed by atoms with van der Waals surface area (Å²) in [7, 11) is 0. The molecule has 1 unspecified atom stereocenters. The number of fused-ring (bicyclic) bond motifs is 1. The first-order valence-corrected chi connectivity index (χ1v) is 5.46. The van der Waals surface area contributed by atoms with Crippen molar-refractivity contribution in [3.8, 4) is 5.75 Å². The third-order valence-corrected chi connectivity index (χ3v) is 2.78. The van der Waals surface area contributed by atoms with Crippen molar-refractivity contribution < 1.29 is 9.13 Å². The fourth-order valence-electron chi connectivity index (χ4n) is 1.71. The lowest BCUT2D eigenvalue weighted by Gasteiger charge is -2.10. The monoisotopic (exact) mass is 229 g/mol. The predicted octanol–water partition coefficient (Wildman–Crippen LogP) is 2.91. The normalized spacial score (nSPS) is 18.7. The molecular weight excluding hydrogens is 217 g/mol. The van der Waals surface area contributed by atoms with Crippen LogP contribution >= 0.6 is 11.6 Å². The number of hydrogen-bond donors (Lipinski definition) is 1. The van der Waals surface area contributed by atoms with Crippen molar-refractivity contribution in [1.82, 2.24) is 5.32 Å². The van der Waals surface area contributed by atoms with Crippen LogP contribution in [0, 0.1) is 5.82 Å². The van der Waals surface area contributed by atoms with E-state index in [9.17, 15) is 4.39 Å². The summed E-state index contributed by atoms with van der Waals surface area (Å²) < 4.78 is 18.8. The SMILES string of the molecule is CCCNC1COc2c1ccc(Cl)c2F. The molecule has 0 aliphatic carbocycles. The van der Waals surface area contributed by atoms with E-state index in [1.165, 1.54) is 0 Å². The lowest BCUT2D eigenvalue weighted by molar-refractivity contribution is 0.301. The smallest absolute Gasteiger partial charge is 0.183 e. The van der Waals surface area contributed by atoms with Gasteiger partial charge in [-0.2, -0.15) is 0 Å². The second-order valence-corrected chi connectivity index (χ2v) is 4.00. The van der Waals surface area contributed by atoms with Gasteiger partial charge in [-0.3, -0.25) is 0 Å². The summed E-state index contributed by atoms with van der Waals surface area (Å²) in [5.41, 5.74) is 0.866. The Labute approximate surface area is 93.4 Å². The van der Waals surface area contributed by atoms with Crippen LogP contribution in [0.25, 0.3) is 0 Å². The Balaban J connectivity index is 2.24. The van der Waals surface area contributed by atoms with Crippen molar-refractivity contribution in [1.29, 1.82) is 0 Å². The van der Waals surface area contributed by atoms with E-state index in [2.05, 4.69) is 12.2 Å². The van der Waals surface area contributed by atoms with Gasteiger partial charge < -0.3 is 10.1 Å². The standard InChI is InChI=1S/C11H13ClFNO/c1-2-5-14-9-6-15-11-7(9)3-4-8(12)10(11)13/h3-4,9,14H,2,5-6H2,1H3. The molecule has 0 saturated heterocycles. The van der Waals surface area contributed by atoms with Crippen molar-refractivity contribution in [2.45, 2.75) is 19.4 Å². The lowest BCUT2D eigenvalue weighted by Crippen LogP contribution is -2.22. The molecule has 1 heterocycles. The molecule has 0 spiro atoms. The maximum atomic E-state index is 13.5. The summed E-state index contributed by atoms with van der Waals surface area (Å²) in [5, 5.41) is 3.42. The summed E-state index contributed by atoms with van der Waals surface area (Å²) >= 11 is 5.67. The fourth-order valence-corrected chi connectivity index (χ4v) is 1.86. The first-order chi connectivity index (χ1) is 7.24. The topological polar surface area (TPSA) is 21.3 Å². The summed E-state index contributed by atoms with van der Waals surface area (Å²) in [6, 6.07) is 3.48. The molecule has 2 rings (SSSR count). The quantitative estimate of drug-likeness (QED) is 0.861.